The summed E-state index contributed by atoms with van der Waals surface area (Å²) < 4.78 is 42.1. The van der Waals surface area contributed by atoms with Crippen molar-refractivity contribution in [3.8, 4) is 11.4 Å². The van der Waals surface area contributed by atoms with Gasteiger partial charge in [0.1, 0.15) is 17.8 Å². The van der Waals surface area contributed by atoms with Gasteiger partial charge in [-0.1, -0.05) is 12.1 Å². The van der Waals surface area contributed by atoms with E-state index in [1.54, 1.807) is 12.1 Å². The second-order valence-corrected chi connectivity index (χ2v) is 6.98. The Kier molecular flexibility index (Phi) is 4.56. The van der Waals surface area contributed by atoms with E-state index in [1.807, 2.05) is 0 Å². The smallest absolute Gasteiger partial charge is 0.573 e. The summed E-state index contributed by atoms with van der Waals surface area (Å²) in [6.45, 7) is 0. The first-order valence-corrected chi connectivity index (χ1v) is 8.77. The highest BCUT2D eigenvalue weighted by atomic mass is 19.4. The first kappa shape index (κ1) is 19.4. The van der Waals surface area contributed by atoms with Crippen LogP contribution in [0.4, 0.5) is 18.9 Å². The summed E-state index contributed by atoms with van der Waals surface area (Å²) in [6.07, 6.45) is -2.39. The maximum Gasteiger partial charge on any atom is 0.573 e. The van der Waals surface area contributed by atoms with Gasteiger partial charge in [0.05, 0.1) is 12.7 Å². The number of halogens is 3. The van der Waals surface area contributed by atoms with Gasteiger partial charge in [0.15, 0.2) is 5.82 Å². The molecule has 0 N–H and O–H groups in total. The van der Waals surface area contributed by atoms with Gasteiger partial charge >= 0.3 is 6.36 Å². The van der Waals surface area contributed by atoms with Gasteiger partial charge in [0.2, 0.25) is 0 Å². The number of rotatable bonds is 5. The molecule has 1 aromatic heterocycles. The molecule has 1 saturated carbocycles. The third-order valence-corrected chi connectivity index (χ3v) is 4.76. The monoisotopic (exact) mass is 405 g/mol. The quantitative estimate of drug-likeness (QED) is 0.465. The van der Waals surface area contributed by atoms with Crippen molar-refractivity contribution in [2.24, 2.45) is 0 Å². The predicted molar refractivity (Wildman–Crippen MR) is 99.0 cm³/mol. The molecule has 3 aromatic rings. The molecule has 29 heavy (non-hydrogen) atoms. The van der Waals surface area contributed by atoms with E-state index in [0.717, 1.165) is 19.0 Å². The van der Waals surface area contributed by atoms with Gasteiger partial charge < -0.3 is 20.0 Å². The lowest BCUT2D eigenvalue weighted by Gasteiger charge is -2.42. The summed E-state index contributed by atoms with van der Waals surface area (Å²) in [5.74, 6) is 0.621. The average Bonchev–Trinajstić information content (AvgIpc) is 3.29. The number of hydrogen-bond acceptors (Lipinski definition) is 5. The van der Waals surface area contributed by atoms with E-state index in [2.05, 4.69) is 14.8 Å². The maximum absolute atomic E-state index is 12.2. The molecule has 152 valence electrons. The molecule has 0 amide bonds. The molecule has 2 aromatic carbocycles. The lowest BCUT2D eigenvalue weighted by atomic mass is 10.1. The molecule has 2 unspecified atom stereocenters. The number of aromatic nitrogens is 3. The van der Waals surface area contributed by atoms with Gasteiger partial charge in [-0.2, -0.15) is 5.10 Å². The number of benzene rings is 2. The highest BCUT2D eigenvalue weighted by molar-refractivity contribution is 5.47. The molecule has 0 saturated heterocycles. The van der Waals surface area contributed by atoms with E-state index in [-0.39, 0.29) is 23.3 Å². The Morgan fingerprint density at radius 1 is 1.03 bits per heavy atom. The Labute approximate surface area is 163 Å². The third-order valence-electron chi connectivity index (χ3n) is 4.76. The van der Waals surface area contributed by atoms with Crippen molar-refractivity contribution in [1.82, 2.24) is 19.6 Å². The third kappa shape index (κ3) is 4.39. The minimum atomic E-state index is -4.74. The van der Waals surface area contributed by atoms with Gasteiger partial charge in [0.25, 0.3) is 0 Å². The predicted octanol–water partition coefficient (Wildman–Crippen LogP) is 4.37. The van der Waals surface area contributed by atoms with Crippen molar-refractivity contribution in [3.05, 3.63) is 76.7 Å². The van der Waals surface area contributed by atoms with Crippen LogP contribution in [0, 0.1) is 10.4 Å². The summed E-state index contributed by atoms with van der Waals surface area (Å²) in [5.41, 5.74) is 1.69. The van der Waals surface area contributed by atoms with Gasteiger partial charge in [-0.3, -0.25) is 0 Å². The number of hydroxylamine groups is 2. The molecule has 0 bridgehead atoms. The minimum absolute atomic E-state index is 0.107. The zero-order valence-electron chi connectivity index (χ0n) is 15.2. The zero-order chi connectivity index (χ0) is 20.8. The zero-order valence-corrected chi connectivity index (χ0v) is 15.2. The molecule has 1 fully saturated rings. The van der Waals surface area contributed by atoms with Crippen molar-refractivity contribution in [3.63, 3.8) is 0 Å². The Morgan fingerprint density at radius 3 is 2.28 bits per heavy atom. The van der Waals surface area contributed by atoms with Gasteiger partial charge in [-0.15, -0.1) is 13.2 Å². The van der Waals surface area contributed by atoms with E-state index >= 15 is 0 Å². The summed E-state index contributed by atoms with van der Waals surface area (Å²) in [5, 5.41) is 27.2. The van der Waals surface area contributed by atoms with Crippen molar-refractivity contribution in [2.75, 3.05) is 7.05 Å². The fourth-order valence-corrected chi connectivity index (χ4v) is 3.21. The fourth-order valence-electron chi connectivity index (χ4n) is 3.21. The van der Waals surface area contributed by atoms with E-state index in [1.165, 1.54) is 47.4 Å². The Balaban J connectivity index is 1.44. The van der Waals surface area contributed by atoms with Crippen LogP contribution in [0.15, 0.2) is 54.9 Å². The minimum Gasteiger partial charge on any atom is -0.626 e. The number of nitrogens with zero attached hydrogens (tertiary/aromatic N) is 4. The topological polar surface area (TPSA) is 86.1 Å². The highest BCUT2D eigenvalue weighted by Crippen LogP contribution is 2.53. The van der Waals surface area contributed by atoms with Crippen LogP contribution < -0.4 is 9.55 Å². The summed E-state index contributed by atoms with van der Waals surface area (Å²) in [7, 11) is 1.02. The Hall–Kier alpha value is -2.95. The molecule has 10 heteroatoms. The second-order valence-electron chi connectivity index (χ2n) is 6.98. The molecule has 4 rings (SSSR count). The van der Waals surface area contributed by atoms with Crippen molar-refractivity contribution in [2.45, 2.75) is 24.6 Å². The Bertz CT molecular complexity index is 995. The molecule has 7 nitrogen and oxygen atoms in total. The van der Waals surface area contributed by atoms with E-state index in [9.17, 15) is 23.6 Å². The summed E-state index contributed by atoms with van der Waals surface area (Å²) in [4.78, 5) is 2.58. The van der Waals surface area contributed by atoms with Crippen molar-refractivity contribution < 1.29 is 17.9 Å². The van der Waals surface area contributed by atoms with E-state index in [0.29, 0.717) is 11.5 Å². The van der Waals surface area contributed by atoms with Crippen molar-refractivity contribution >= 4 is 5.69 Å². The lowest BCUT2D eigenvalue weighted by molar-refractivity contribution is -0.274. The number of alkyl halides is 3. The normalized spacial score (nSPS) is 19.2. The highest BCUT2D eigenvalue weighted by Gasteiger charge is 2.42. The van der Waals surface area contributed by atoms with Gasteiger partial charge in [0, 0.05) is 5.92 Å². The van der Waals surface area contributed by atoms with E-state index in [4.69, 9.17) is 0 Å². The lowest BCUT2D eigenvalue weighted by Crippen LogP contribution is -2.29. The first-order valence-electron chi connectivity index (χ1n) is 8.77. The number of quaternary nitrogens is 1. The van der Waals surface area contributed by atoms with Crippen LogP contribution >= 0.6 is 0 Å². The largest absolute Gasteiger partial charge is 0.626 e. The molecule has 2 atom stereocenters. The molecular formula is C19H16F3N4O3-. The van der Waals surface area contributed by atoms with Crippen LogP contribution in [0.5, 0.6) is 5.75 Å². The van der Waals surface area contributed by atoms with E-state index < -0.39 is 11.2 Å². The molecular weight excluding hydrogens is 389 g/mol. The Morgan fingerprint density at radius 2 is 1.69 bits per heavy atom. The van der Waals surface area contributed by atoms with Crippen LogP contribution in [-0.4, -0.2) is 28.2 Å². The number of hydrogen-bond donors (Lipinski definition) is 0. The summed E-state index contributed by atoms with van der Waals surface area (Å²) >= 11 is 0. The van der Waals surface area contributed by atoms with Crippen LogP contribution in [-0.2, 0) is 0 Å². The van der Waals surface area contributed by atoms with Crippen LogP contribution in [0.25, 0.3) is 5.69 Å². The molecule has 1 heterocycles. The van der Waals surface area contributed by atoms with Gasteiger partial charge in [-0.25, -0.2) is 9.67 Å². The van der Waals surface area contributed by atoms with Crippen LogP contribution in [0.3, 0.4) is 0 Å². The fraction of sp³-hybridized carbons (Fsp3) is 0.263. The average molecular weight is 405 g/mol. The van der Waals surface area contributed by atoms with Crippen molar-refractivity contribution in [1.29, 1.82) is 0 Å². The van der Waals surface area contributed by atoms with Crippen LogP contribution in [0.1, 0.15) is 29.6 Å². The SMILES string of the molecule is C[N+]([O-])([O-])c1ccc(C2CC2c2ncn(-c3ccc(OC(F)(F)F)cc3)n2)cc1. The molecule has 1 aliphatic rings. The first-order chi connectivity index (χ1) is 13.6. The molecule has 0 radical (unpaired) electrons. The summed E-state index contributed by atoms with van der Waals surface area (Å²) in [6, 6.07) is 11.9. The number of ether oxygens (including phenoxy) is 1. The van der Waals surface area contributed by atoms with Crippen LogP contribution in [0.2, 0.25) is 0 Å². The second kappa shape index (κ2) is 6.83. The molecule has 0 aliphatic heterocycles. The molecule has 1 aliphatic carbocycles. The standard InChI is InChI=1S/C19H16F3N4O3/c1-26(27,28)14-6-2-12(3-7-14)16-10-17(16)18-23-11-25(24-18)13-4-8-15(9-5-13)29-19(20,21)22/h2-9,11,16-17H,10H2,1H3/q-1. The maximum atomic E-state index is 12.2. The van der Waals surface area contributed by atoms with Gasteiger partial charge in [-0.05, 0) is 54.3 Å². The molecule has 0 spiro atoms.